The van der Waals surface area contributed by atoms with Gasteiger partial charge in [0.1, 0.15) is 5.82 Å². The molecular weight excluding hydrogens is 508 g/mol. The third-order valence-electron chi connectivity index (χ3n) is 6.81. The molecule has 0 aromatic heterocycles. The zero-order chi connectivity index (χ0) is 20.8. The molecule has 1 saturated carbocycles. The molecule has 2 heterocycles. The largest absolute Gasteiger partial charge is 0.379 e. The van der Waals surface area contributed by atoms with E-state index in [1.54, 1.807) is 12.1 Å². The van der Waals surface area contributed by atoms with E-state index < -0.39 is 0 Å². The van der Waals surface area contributed by atoms with Crippen LogP contribution in [0.25, 0.3) is 0 Å². The number of guanidine groups is 1. The van der Waals surface area contributed by atoms with Gasteiger partial charge in [-0.05, 0) is 37.0 Å². The van der Waals surface area contributed by atoms with Gasteiger partial charge in [0.2, 0.25) is 0 Å². The number of hydrogen-bond donors (Lipinski definition) is 2. The van der Waals surface area contributed by atoms with Gasteiger partial charge < -0.3 is 15.4 Å². The van der Waals surface area contributed by atoms with Crippen molar-refractivity contribution in [3.8, 4) is 0 Å². The summed E-state index contributed by atoms with van der Waals surface area (Å²) in [5.41, 5.74) is 0.994. The Labute approximate surface area is 203 Å². The minimum Gasteiger partial charge on any atom is -0.379 e. The lowest BCUT2D eigenvalue weighted by Gasteiger charge is -2.35. The molecule has 0 spiro atoms. The summed E-state index contributed by atoms with van der Waals surface area (Å²) in [5.74, 6) is 0.647. The summed E-state index contributed by atoms with van der Waals surface area (Å²) < 4.78 is 19.4. The molecule has 0 radical (unpaired) electrons. The summed E-state index contributed by atoms with van der Waals surface area (Å²) in [6, 6.07) is 8.26. The fraction of sp³-hybridized carbons (Fsp3) is 0.696. The first-order valence-corrected chi connectivity index (χ1v) is 11.5. The smallest absolute Gasteiger partial charge is 0.191 e. The van der Waals surface area contributed by atoms with Crippen LogP contribution >= 0.6 is 24.0 Å². The Balaban J connectivity index is 0.00000272. The van der Waals surface area contributed by atoms with Crippen molar-refractivity contribution in [2.24, 2.45) is 4.99 Å². The van der Waals surface area contributed by atoms with Gasteiger partial charge in [-0.2, -0.15) is 0 Å². The Morgan fingerprint density at radius 1 is 1.19 bits per heavy atom. The van der Waals surface area contributed by atoms with Crippen LogP contribution in [0.15, 0.2) is 29.3 Å². The van der Waals surface area contributed by atoms with Crippen molar-refractivity contribution in [1.82, 2.24) is 20.4 Å². The number of aliphatic imine (C=N–C) groups is 1. The summed E-state index contributed by atoms with van der Waals surface area (Å²) in [4.78, 5) is 9.49. The highest BCUT2D eigenvalue weighted by Crippen LogP contribution is 2.26. The topological polar surface area (TPSA) is 52.1 Å². The van der Waals surface area contributed by atoms with E-state index in [1.165, 1.54) is 38.3 Å². The lowest BCUT2D eigenvalue weighted by molar-refractivity contribution is 0.0169. The number of nitrogens with one attached hydrogen (secondary N) is 2. The van der Waals surface area contributed by atoms with Crippen LogP contribution in [0.1, 0.15) is 43.7 Å². The molecule has 2 saturated heterocycles. The fourth-order valence-electron chi connectivity index (χ4n) is 5.15. The monoisotopic (exact) mass is 545 g/mol. The number of halogens is 2. The van der Waals surface area contributed by atoms with Crippen molar-refractivity contribution in [3.63, 3.8) is 0 Å². The van der Waals surface area contributed by atoms with Crippen molar-refractivity contribution in [2.75, 3.05) is 53.0 Å². The van der Waals surface area contributed by atoms with Crippen LogP contribution in [0.2, 0.25) is 0 Å². The molecule has 1 aliphatic carbocycles. The zero-order valence-electron chi connectivity index (χ0n) is 18.6. The van der Waals surface area contributed by atoms with E-state index in [2.05, 4.69) is 25.4 Å². The van der Waals surface area contributed by atoms with E-state index in [-0.39, 0.29) is 35.8 Å². The first kappa shape index (κ1) is 24.7. The molecule has 1 aromatic carbocycles. The Kier molecular flexibility index (Phi) is 9.80. The highest BCUT2D eigenvalue weighted by Gasteiger charge is 2.30. The second-order valence-corrected chi connectivity index (χ2v) is 8.74. The molecule has 0 bridgehead atoms. The van der Waals surface area contributed by atoms with E-state index >= 15 is 0 Å². The number of benzene rings is 1. The highest BCUT2D eigenvalue weighted by molar-refractivity contribution is 14.0. The second-order valence-electron chi connectivity index (χ2n) is 8.74. The van der Waals surface area contributed by atoms with Gasteiger partial charge in [-0.1, -0.05) is 25.0 Å². The Morgan fingerprint density at radius 2 is 1.97 bits per heavy atom. The van der Waals surface area contributed by atoms with E-state index in [1.807, 2.05) is 13.1 Å². The van der Waals surface area contributed by atoms with Crippen molar-refractivity contribution >= 4 is 29.9 Å². The minimum absolute atomic E-state index is 0. The van der Waals surface area contributed by atoms with Crippen molar-refractivity contribution in [1.29, 1.82) is 0 Å². The molecule has 6 nitrogen and oxygen atoms in total. The SMILES string of the molecule is CN=C(NCC(c1cccc(F)c1)N1CCOCC1)NC1CCN(C2CCCC2)C1.I. The Bertz CT molecular complexity index is 709. The molecule has 3 aliphatic rings. The molecule has 0 amide bonds. The first-order valence-electron chi connectivity index (χ1n) is 11.5. The van der Waals surface area contributed by atoms with E-state index in [4.69, 9.17) is 4.74 Å². The lowest BCUT2D eigenvalue weighted by atomic mass is 10.0. The summed E-state index contributed by atoms with van der Waals surface area (Å²) >= 11 is 0. The van der Waals surface area contributed by atoms with Crippen LogP contribution in [-0.4, -0.2) is 80.8 Å². The maximum absolute atomic E-state index is 13.9. The van der Waals surface area contributed by atoms with Crippen LogP contribution in [0, 0.1) is 5.82 Å². The second kappa shape index (κ2) is 12.3. The average molecular weight is 545 g/mol. The van der Waals surface area contributed by atoms with Crippen molar-refractivity contribution in [3.05, 3.63) is 35.6 Å². The predicted octanol–water partition coefficient (Wildman–Crippen LogP) is 3.00. The van der Waals surface area contributed by atoms with Gasteiger partial charge in [0.05, 0.1) is 19.3 Å². The third kappa shape index (κ3) is 6.76. The third-order valence-corrected chi connectivity index (χ3v) is 6.81. The number of likely N-dealkylation sites (tertiary alicyclic amines) is 1. The molecular formula is C23H37FIN5O. The summed E-state index contributed by atoms with van der Waals surface area (Å²) in [5, 5.41) is 7.13. The first-order chi connectivity index (χ1) is 14.7. The highest BCUT2D eigenvalue weighted by atomic mass is 127. The Hall–Kier alpha value is -0.970. The van der Waals surface area contributed by atoms with Crippen LogP contribution in [0.4, 0.5) is 4.39 Å². The number of rotatable bonds is 6. The van der Waals surface area contributed by atoms with Gasteiger partial charge in [0.25, 0.3) is 0 Å². The van der Waals surface area contributed by atoms with Gasteiger partial charge in [0, 0.05) is 51.9 Å². The molecule has 2 unspecified atom stereocenters. The molecule has 3 fully saturated rings. The number of nitrogens with zero attached hydrogens (tertiary/aromatic N) is 3. The fourth-order valence-corrected chi connectivity index (χ4v) is 5.15. The normalized spacial score (nSPS) is 24.7. The molecule has 8 heteroatoms. The van der Waals surface area contributed by atoms with E-state index in [0.29, 0.717) is 12.6 Å². The standard InChI is InChI=1S/C23H36FN5O.HI/c1-25-23(27-20-9-10-29(17-20)21-7-2-3-8-21)26-16-22(28-11-13-30-14-12-28)18-5-4-6-19(24)15-18;/h4-6,15,20-22H,2-3,7-14,16-17H2,1H3,(H2,25,26,27);1H. The minimum atomic E-state index is -0.189. The average Bonchev–Trinajstić information content (AvgIpc) is 3.46. The van der Waals surface area contributed by atoms with Gasteiger partial charge in [-0.25, -0.2) is 4.39 Å². The van der Waals surface area contributed by atoms with Crippen LogP contribution < -0.4 is 10.6 Å². The van der Waals surface area contributed by atoms with Gasteiger partial charge in [0.15, 0.2) is 5.96 Å². The molecule has 31 heavy (non-hydrogen) atoms. The van der Waals surface area contributed by atoms with E-state index in [0.717, 1.165) is 56.8 Å². The lowest BCUT2D eigenvalue weighted by Crippen LogP contribution is -2.49. The van der Waals surface area contributed by atoms with E-state index in [9.17, 15) is 4.39 Å². The summed E-state index contributed by atoms with van der Waals surface area (Å²) in [7, 11) is 1.82. The molecule has 4 rings (SSSR count). The maximum Gasteiger partial charge on any atom is 0.191 e. The van der Waals surface area contributed by atoms with Crippen LogP contribution in [0.5, 0.6) is 0 Å². The van der Waals surface area contributed by atoms with Crippen molar-refractivity contribution in [2.45, 2.75) is 50.2 Å². The van der Waals surface area contributed by atoms with Crippen LogP contribution in [-0.2, 0) is 4.74 Å². The van der Waals surface area contributed by atoms with Crippen LogP contribution in [0.3, 0.4) is 0 Å². The number of hydrogen-bond acceptors (Lipinski definition) is 4. The Morgan fingerprint density at radius 3 is 2.68 bits per heavy atom. The quantitative estimate of drug-likeness (QED) is 0.327. The molecule has 1 aromatic rings. The molecule has 2 aliphatic heterocycles. The summed E-state index contributed by atoms with van der Waals surface area (Å²) in [6.07, 6.45) is 6.63. The van der Waals surface area contributed by atoms with Crippen molar-refractivity contribution < 1.29 is 9.13 Å². The zero-order valence-corrected chi connectivity index (χ0v) is 20.9. The van der Waals surface area contributed by atoms with Gasteiger partial charge in [-0.3, -0.25) is 14.8 Å². The predicted molar refractivity (Wildman–Crippen MR) is 134 cm³/mol. The molecule has 2 N–H and O–H groups in total. The number of ether oxygens (including phenoxy) is 1. The van der Waals surface area contributed by atoms with Gasteiger partial charge in [-0.15, -0.1) is 24.0 Å². The number of morpholine rings is 1. The summed E-state index contributed by atoms with van der Waals surface area (Å²) in [6.45, 7) is 6.11. The van der Waals surface area contributed by atoms with Gasteiger partial charge >= 0.3 is 0 Å². The molecule has 174 valence electrons. The molecule has 2 atom stereocenters. The maximum atomic E-state index is 13.9.